The molecular formula is C14H22N2O2S. The summed E-state index contributed by atoms with van der Waals surface area (Å²) in [5.41, 5.74) is 0.426. The molecule has 106 valence electrons. The molecular weight excluding hydrogens is 260 g/mol. The topological polar surface area (TPSA) is 58.2 Å². The van der Waals surface area contributed by atoms with Gasteiger partial charge in [-0.2, -0.15) is 0 Å². The molecule has 1 aromatic carbocycles. The van der Waals surface area contributed by atoms with Crippen LogP contribution in [0.25, 0.3) is 0 Å². The zero-order chi connectivity index (χ0) is 14.1. The van der Waals surface area contributed by atoms with Crippen LogP contribution in [-0.2, 0) is 16.6 Å². The Hall–Kier alpha value is -0.910. The smallest absolute Gasteiger partial charge is 0.241 e. The van der Waals surface area contributed by atoms with Crippen LogP contribution in [0.4, 0.5) is 0 Å². The molecule has 5 heteroatoms. The van der Waals surface area contributed by atoms with E-state index in [-0.39, 0.29) is 5.54 Å². The van der Waals surface area contributed by atoms with Crippen LogP contribution in [0.5, 0.6) is 0 Å². The number of hydrogen-bond acceptors (Lipinski definition) is 3. The largest absolute Gasteiger partial charge is 0.316 e. The first-order valence-corrected chi connectivity index (χ1v) is 8.11. The standard InChI is InChI=1S/C14H22N2O2S/c1-14(2,12-8-9-12)16-19(17,18)13-7-5-4-6-11(13)10-15-3/h4-7,12,15-16H,8-10H2,1-3H3. The lowest BCUT2D eigenvalue weighted by Gasteiger charge is -2.26. The molecule has 0 spiro atoms. The van der Waals surface area contributed by atoms with Gasteiger partial charge in [-0.25, -0.2) is 13.1 Å². The van der Waals surface area contributed by atoms with Crippen LogP contribution in [0, 0.1) is 5.92 Å². The van der Waals surface area contributed by atoms with Crippen LogP contribution in [-0.4, -0.2) is 21.0 Å². The first kappa shape index (κ1) is 14.5. The highest BCUT2D eigenvalue weighted by Crippen LogP contribution is 2.40. The molecule has 1 aliphatic carbocycles. The number of sulfonamides is 1. The third-order valence-corrected chi connectivity index (χ3v) is 5.40. The predicted octanol–water partition coefficient (Wildman–Crippen LogP) is 1.87. The molecule has 2 rings (SSSR count). The molecule has 0 atom stereocenters. The summed E-state index contributed by atoms with van der Waals surface area (Å²) in [6.07, 6.45) is 2.21. The van der Waals surface area contributed by atoms with Gasteiger partial charge in [-0.1, -0.05) is 18.2 Å². The van der Waals surface area contributed by atoms with Crippen molar-refractivity contribution in [3.63, 3.8) is 0 Å². The molecule has 0 bridgehead atoms. The van der Waals surface area contributed by atoms with Gasteiger partial charge in [0, 0.05) is 12.1 Å². The summed E-state index contributed by atoms with van der Waals surface area (Å²) in [6, 6.07) is 7.13. The lowest BCUT2D eigenvalue weighted by molar-refractivity contribution is 0.400. The maximum atomic E-state index is 12.5. The summed E-state index contributed by atoms with van der Waals surface area (Å²) in [4.78, 5) is 0.373. The van der Waals surface area contributed by atoms with Gasteiger partial charge in [0.15, 0.2) is 0 Å². The molecule has 1 saturated carbocycles. The van der Waals surface area contributed by atoms with Crippen LogP contribution < -0.4 is 10.0 Å². The van der Waals surface area contributed by atoms with Crippen LogP contribution in [0.1, 0.15) is 32.3 Å². The minimum Gasteiger partial charge on any atom is -0.316 e. The first-order chi connectivity index (χ1) is 8.87. The monoisotopic (exact) mass is 282 g/mol. The highest BCUT2D eigenvalue weighted by atomic mass is 32.2. The Kier molecular flexibility index (Phi) is 3.99. The third kappa shape index (κ3) is 3.35. The van der Waals surface area contributed by atoms with Gasteiger partial charge in [0.2, 0.25) is 10.0 Å². The van der Waals surface area contributed by atoms with Gasteiger partial charge in [0.1, 0.15) is 0 Å². The Labute approximate surface area is 115 Å². The van der Waals surface area contributed by atoms with E-state index in [1.807, 2.05) is 33.0 Å². The van der Waals surface area contributed by atoms with E-state index in [1.54, 1.807) is 12.1 Å². The van der Waals surface area contributed by atoms with E-state index in [0.29, 0.717) is 17.4 Å². The van der Waals surface area contributed by atoms with Crippen molar-refractivity contribution in [3.8, 4) is 0 Å². The molecule has 0 heterocycles. The molecule has 0 unspecified atom stereocenters. The van der Waals surface area contributed by atoms with Crippen LogP contribution in [0.2, 0.25) is 0 Å². The fraction of sp³-hybridized carbons (Fsp3) is 0.571. The van der Waals surface area contributed by atoms with E-state index in [0.717, 1.165) is 18.4 Å². The van der Waals surface area contributed by atoms with Crippen molar-refractivity contribution in [1.29, 1.82) is 0 Å². The number of nitrogens with one attached hydrogen (secondary N) is 2. The molecule has 1 aliphatic rings. The van der Waals surface area contributed by atoms with Crippen LogP contribution in [0.15, 0.2) is 29.2 Å². The van der Waals surface area contributed by atoms with E-state index in [9.17, 15) is 8.42 Å². The lowest BCUT2D eigenvalue weighted by atomic mass is 10.0. The molecule has 1 aromatic rings. The van der Waals surface area contributed by atoms with Gasteiger partial charge in [-0.3, -0.25) is 0 Å². The Morgan fingerprint density at radius 2 is 1.89 bits per heavy atom. The average Bonchev–Trinajstić information content (AvgIpc) is 3.12. The van der Waals surface area contributed by atoms with E-state index in [4.69, 9.17) is 0 Å². The quantitative estimate of drug-likeness (QED) is 0.837. The first-order valence-electron chi connectivity index (χ1n) is 6.63. The van der Waals surface area contributed by atoms with Gasteiger partial charge in [-0.15, -0.1) is 0 Å². The normalized spacial score (nSPS) is 16.6. The SMILES string of the molecule is CNCc1ccccc1S(=O)(=O)NC(C)(C)C1CC1. The molecule has 1 fully saturated rings. The summed E-state index contributed by atoms with van der Waals surface area (Å²) >= 11 is 0. The van der Waals surface area contributed by atoms with Crippen LogP contribution in [0.3, 0.4) is 0 Å². The predicted molar refractivity (Wildman–Crippen MR) is 76.3 cm³/mol. The van der Waals surface area contributed by atoms with Crippen molar-refractivity contribution >= 4 is 10.0 Å². The summed E-state index contributed by atoms with van der Waals surface area (Å²) in [5, 5.41) is 3.00. The number of hydrogen-bond donors (Lipinski definition) is 2. The minimum absolute atomic E-state index is 0.369. The molecule has 0 amide bonds. The van der Waals surface area contributed by atoms with Gasteiger partial charge in [-0.05, 0) is 51.3 Å². The van der Waals surface area contributed by atoms with Crippen molar-refractivity contribution in [2.75, 3.05) is 7.05 Å². The van der Waals surface area contributed by atoms with E-state index < -0.39 is 10.0 Å². The van der Waals surface area contributed by atoms with E-state index in [1.165, 1.54) is 0 Å². The summed E-state index contributed by atoms with van der Waals surface area (Å²) < 4.78 is 27.9. The summed E-state index contributed by atoms with van der Waals surface area (Å²) in [7, 11) is -1.66. The van der Waals surface area contributed by atoms with Crippen molar-refractivity contribution < 1.29 is 8.42 Å². The zero-order valence-corrected chi connectivity index (χ0v) is 12.5. The highest BCUT2D eigenvalue weighted by Gasteiger charge is 2.40. The second kappa shape index (κ2) is 5.23. The molecule has 0 radical (unpaired) electrons. The second-order valence-electron chi connectivity index (χ2n) is 5.74. The lowest BCUT2D eigenvalue weighted by Crippen LogP contribution is -2.45. The van der Waals surface area contributed by atoms with Crippen molar-refractivity contribution in [1.82, 2.24) is 10.0 Å². The second-order valence-corrected chi connectivity index (χ2v) is 7.39. The summed E-state index contributed by atoms with van der Waals surface area (Å²) in [5.74, 6) is 0.457. The Morgan fingerprint density at radius 3 is 2.47 bits per heavy atom. The van der Waals surface area contributed by atoms with Crippen molar-refractivity contribution in [2.24, 2.45) is 5.92 Å². The average molecular weight is 282 g/mol. The van der Waals surface area contributed by atoms with E-state index >= 15 is 0 Å². The molecule has 0 saturated heterocycles. The van der Waals surface area contributed by atoms with E-state index in [2.05, 4.69) is 10.0 Å². The fourth-order valence-electron chi connectivity index (χ4n) is 2.39. The Bertz CT molecular complexity index is 548. The maximum absolute atomic E-state index is 12.5. The third-order valence-electron chi connectivity index (χ3n) is 3.62. The van der Waals surface area contributed by atoms with Crippen molar-refractivity contribution in [3.05, 3.63) is 29.8 Å². The molecule has 0 aromatic heterocycles. The molecule has 0 aliphatic heterocycles. The number of rotatable bonds is 6. The zero-order valence-electron chi connectivity index (χ0n) is 11.7. The fourth-order valence-corrected chi connectivity index (χ4v) is 4.10. The molecule has 4 nitrogen and oxygen atoms in total. The highest BCUT2D eigenvalue weighted by molar-refractivity contribution is 7.89. The van der Waals surface area contributed by atoms with Crippen LogP contribution >= 0.6 is 0 Å². The van der Waals surface area contributed by atoms with Crippen molar-refractivity contribution in [2.45, 2.75) is 43.7 Å². The van der Waals surface area contributed by atoms with Gasteiger partial charge >= 0.3 is 0 Å². The number of benzene rings is 1. The summed E-state index contributed by atoms with van der Waals surface area (Å²) in [6.45, 7) is 4.47. The molecule has 2 N–H and O–H groups in total. The minimum atomic E-state index is -3.47. The van der Waals surface area contributed by atoms with Gasteiger partial charge in [0.25, 0.3) is 0 Å². The van der Waals surface area contributed by atoms with Gasteiger partial charge in [0.05, 0.1) is 4.90 Å². The van der Waals surface area contributed by atoms with Gasteiger partial charge < -0.3 is 5.32 Å². The maximum Gasteiger partial charge on any atom is 0.241 e. The Balaban J connectivity index is 2.28. The Morgan fingerprint density at radius 1 is 1.26 bits per heavy atom. The molecule has 19 heavy (non-hydrogen) atoms.